The summed E-state index contributed by atoms with van der Waals surface area (Å²) in [6.07, 6.45) is 15.1. The molecule has 4 atom stereocenters. The minimum Gasteiger partial charge on any atom is -0.458 e. The number of rotatable bonds is 10. The van der Waals surface area contributed by atoms with Crippen molar-refractivity contribution >= 4 is 17.8 Å². The molecule has 0 saturated heterocycles. The van der Waals surface area contributed by atoms with Crippen molar-refractivity contribution in [2.45, 2.75) is 86.0 Å². The van der Waals surface area contributed by atoms with Gasteiger partial charge in [0, 0.05) is 17.9 Å². The van der Waals surface area contributed by atoms with Crippen LogP contribution in [-0.4, -0.2) is 41.1 Å². The lowest BCUT2D eigenvalue weighted by Crippen LogP contribution is -2.52. The smallest absolute Gasteiger partial charge is 0.333 e. The first kappa shape index (κ1) is 31.7. The Morgan fingerprint density at radius 2 is 1.95 bits per heavy atom. The molecule has 1 heterocycles. The van der Waals surface area contributed by atoms with Crippen molar-refractivity contribution in [3.8, 4) is 11.8 Å². The average molecular weight is 511 g/mol. The Bertz CT molecular complexity index is 1010. The van der Waals surface area contributed by atoms with E-state index in [9.17, 15) is 19.5 Å². The SMILES string of the molecule is C/C=C\C[C@H](O)C/C=C\NC(=O)[C@@H](NC(=O)C#C/C=C\C(C)=C\[C@H](C)[C@@H]1CC=C(C)C(=O)O1)C(C)(C)C. The summed E-state index contributed by atoms with van der Waals surface area (Å²) >= 11 is 0. The molecular formula is C30H42N2O5. The Labute approximate surface area is 221 Å². The number of hydrogen-bond donors (Lipinski definition) is 3. The van der Waals surface area contributed by atoms with Crippen molar-refractivity contribution in [2.75, 3.05) is 0 Å². The van der Waals surface area contributed by atoms with Crippen molar-refractivity contribution in [1.29, 1.82) is 0 Å². The number of carbonyl (C=O) groups excluding carboxylic acids is 3. The third kappa shape index (κ3) is 12.4. The summed E-state index contributed by atoms with van der Waals surface area (Å²) in [4.78, 5) is 36.8. The molecule has 7 heteroatoms. The van der Waals surface area contributed by atoms with Gasteiger partial charge >= 0.3 is 5.97 Å². The van der Waals surface area contributed by atoms with E-state index in [4.69, 9.17) is 4.74 Å². The third-order valence-electron chi connectivity index (χ3n) is 5.76. The summed E-state index contributed by atoms with van der Waals surface area (Å²) in [5.74, 6) is 4.03. The van der Waals surface area contributed by atoms with Crippen LogP contribution in [0.1, 0.15) is 67.7 Å². The van der Waals surface area contributed by atoms with Crippen molar-refractivity contribution in [3.63, 3.8) is 0 Å². The second kappa shape index (κ2) is 15.7. The molecule has 0 bridgehead atoms. The topological polar surface area (TPSA) is 105 Å². The zero-order valence-corrected chi connectivity index (χ0v) is 23.1. The second-order valence-electron chi connectivity index (χ2n) is 10.3. The highest BCUT2D eigenvalue weighted by Gasteiger charge is 2.32. The first-order valence-corrected chi connectivity index (χ1v) is 12.6. The Kier molecular flexibility index (Phi) is 13.4. The van der Waals surface area contributed by atoms with Gasteiger partial charge in [-0.25, -0.2) is 4.79 Å². The summed E-state index contributed by atoms with van der Waals surface area (Å²) in [7, 11) is 0. The lowest BCUT2D eigenvalue weighted by atomic mass is 9.86. The van der Waals surface area contributed by atoms with Gasteiger partial charge in [-0.3, -0.25) is 9.59 Å². The van der Waals surface area contributed by atoms with Gasteiger partial charge < -0.3 is 20.5 Å². The number of nitrogens with one attached hydrogen (secondary N) is 2. The molecule has 0 aromatic heterocycles. The second-order valence-corrected chi connectivity index (χ2v) is 10.3. The standard InChI is InChI=1S/C30H42N2O5/c1-8-9-14-24(33)15-12-19-31-28(35)27(30(5,6)7)32-26(34)16-11-10-13-21(2)20-23(4)25-18-17-22(3)29(36)37-25/h8-10,12-13,17,19-20,23-25,27,33H,14-15,18H2,1-7H3,(H,31,35)(H,32,34)/b9-8-,13-10-,19-12-,21-20+/t23-,24-,25-,27+/m0/s1. The van der Waals surface area contributed by atoms with Crippen molar-refractivity contribution in [2.24, 2.45) is 11.3 Å². The van der Waals surface area contributed by atoms with Crippen LogP contribution in [0, 0.1) is 23.2 Å². The van der Waals surface area contributed by atoms with Gasteiger partial charge in [-0.2, -0.15) is 0 Å². The van der Waals surface area contributed by atoms with Crippen LogP contribution >= 0.6 is 0 Å². The maximum absolute atomic E-state index is 12.7. The monoisotopic (exact) mass is 510 g/mol. The molecule has 2 amide bonds. The maximum atomic E-state index is 12.7. The van der Waals surface area contributed by atoms with E-state index >= 15 is 0 Å². The molecule has 1 rings (SSSR count). The Balaban J connectivity index is 2.66. The summed E-state index contributed by atoms with van der Waals surface area (Å²) in [6.45, 7) is 13.1. The van der Waals surface area contributed by atoms with Gasteiger partial charge in [0.25, 0.3) is 5.91 Å². The number of ether oxygens (including phenoxy) is 1. The first-order valence-electron chi connectivity index (χ1n) is 12.6. The van der Waals surface area contributed by atoms with Crippen LogP contribution in [0.25, 0.3) is 0 Å². The number of cyclic esters (lactones) is 1. The zero-order valence-electron chi connectivity index (χ0n) is 23.1. The molecule has 0 unspecified atom stereocenters. The van der Waals surface area contributed by atoms with E-state index < -0.39 is 23.5 Å². The quantitative estimate of drug-likeness (QED) is 0.176. The van der Waals surface area contributed by atoms with Gasteiger partial charge in [0.05, 0.1) is 6.10 Å². The van der Waals surface area contributed by atoms with E-state index in [0.717, 1.165) is 5.57 Å². The number of amides is 2. The molecule has 0 aliphatic carbocycles. The van der Waals surface area contributed by atoms with Crippen LogP contribution < -0.4 is 10.6 Å². The number of carbonyl (C=O) groups is 3. The van der Waals surface area contributed by atoms with Crippen LogP contribution in [0.15, 0.2) is 59.9 Å². The number of aliphatic hydroxyl groups is 1. The highest BCUT2D eigenvalue weighted by atomic mass is 16.5. The van der Waals surface area contributed by atoms with Gasteiger partial charge in [0.1, 0.15) is 12.1 Å². The number of esters is 1. The maximum Gasteiger partial charge on any atom is 0.333 e. The molecule has 0 fully saturated rings. The van der Waals surface area contributed by atoms with Crippen LogP contribution in [0.2, 0.25) is 0 Å². The van der Waals surface area contributed by atoms with E-state index in [0.29, 0.717) is 24.8 Å². The van der Waals surface area contributed by atoms with E-state index in [1.807, 2.05) is 65.8 Å². The Morgan fingerprint density at radius 1 is 1.27 bits per heavy atom. The van der Waals surface area contributed by atoms with Gasteiger partial charge in [-0.15, -0.1) is 0 Å². The zero-order chi connectivity index (χ0) is 28.0. The summed E-state index contributed by atoms with van der Waals surface area (Å²) in [5.41, 5.74) is 1.03. The first-order chi connectivity index (χ1) is 17.3. The predicted molar refractivity (Wildman–Crippen MR) is 147 cm³/mol. The lowest BCUT2D eigenvalue weighted by molar-refractivity contribution is -0.147. The fraction of sp³-hybridized carbons (Fsp3) is 0.500. The van der Waals surface area contributed by atoms with Crippen LogP contribution in [0.4, 0.5) is 0 Å². The van der Waals surface area contributed by atoms with E-state index in [-0.39, 0.29) is 23.9 Å². The van der Waals surface area contributed by atoms with Gasteiger partial charge in [0.15, 0.2) is 0 Å². The Morgan fingerprint density at radius 3 is 2.57 bits per heavy atom. The molecule has 0 saturated carbocycles. The van der Waals surface area contributed by atoms with Crippen molar-refractivity contribution in [3.05, 3.63) is 59.9 Å². The minimum atomic E-state index is -0.797. The molecule has 0 spiro atoms. The Hall–Kier alpha value is -3.37. The molecule has 1 aliphatic rings. The molecule has 37 heavy (non-hydrogen) atoms. The van der Waals surface area contributed by atoms with Crippen molar-refractivity contribution < 1.29 is 24.2 Å². The fourth-order valence-corrected chi connectivity index (χ4v) is 3.52. The predicted octanol–water partition coefficient (Wildman–Crippen LogP) is 4.27. The molecule has 202 valence electrons. The normalized spacial score (nSPS) is 19.1. The number of allylic oxidation sites excluding steroid dienone is 4. The van der Waals surface area contributed by atoms with Gasteiger partial charge in [-0.05, 0) is 57.2 Å². The lowest BCUT2D eigenvalue weighted by Gasteiger charge is -2.29. The van der Waals surface area contributed by atoms with Crippen LogP contribution in [-0.2, 0) is 19.1 Å². The summed E-state index contributed by atoms with van der Waals surface area (Å²) in [6, 6.07) is -0.797. The summed E-state index contributed by atoms with van der Waals surface area (Å²) < 4.78 is 5.45. The molecule has 0 aromatic carbocycles. The molecular weight excluding hydrogens is 468 g/mol. The van der Waals surface area contributed by atoms with Crippen molar-refractivity contribution in [1.82, 2.24) is 10.6 Å². The van der Waals surface area contributed by atoms with E-state index in [2.05, 4.69) is 22.5 Å². The van der Waals surface area contributed by atoms with Gasteiger partial charge in [-0.1, -0.05) is 75.6 Å². The molecule has 7 nitrogen and oxygen atoms in total. The average Bonchev–Trinajstić information content (AvgIpc) is 2.82. The minimum absolute atomic E-state index is 0.0331. The van der Waals surface area contributed by atoms with Crippen LogP contribution in [0.3, 0.4) is 0 Å². The third-order valence-corrected chi connectivity index (χ3v) is 5.76. The molecule has 3 N–H and O–H groups in total. The number of hydrogen-bond acceptors (Lipinski definition) is 5. The fourth-order valence-electron chi connectivity index (χ4n) is 3.52. The number of aliphatic hydroxyl groups excluding tert-OH is 1. The van der Waals surface area contributed by atoms with Gasteiger partial charge in [0.2, 0.25) is 5.91 Å². The highest BCUT2D eigenvalue weighted by Crippen LogP contribution is 2.22. The largest absolute Gasteiger partial charge is 0.458 e. The van der Waals surface area contributed by atoms with E-state index in [1.165, 1.54) is 6.20 Å². The highest BCUT2D eigenvalue weighted by molar-refractivity contribution is 5.97. The van der Waals surface area contributed by atoms with Crippen LogP contribution in [0.5, 0.6) is 0 Å². The van der Waals surface area contributed by atoms with E-state index in [1.54, 1.807) is 25.2 Å². The molecule has 1 aliphatic heterocycles. The molecule has 0 radical (unpaired) electrons. The molecule has 0 aromatic rings. The summed E-state index contributed by atoms with van der Waals surface area (Å²) in [5, 5.41) is 15.2.